The quantitative estimate of drug-likeness (QED) is 0.485. The zero-order chi connectivity index (χ0) is 17.9. The molecular weight excluding hydrogens is 315 g/mol. The Labute approximate surface area is 134 Å². The van der Waals surface area contributed by atoms with Crippen molar-refractivity contribution < 1.29 is 32.2 Å². The van der Waals surface area contributed by atoms with Crippen molar-refractivity contribution in [1.82, 2.24) is 5.32 Å². The molecule has 0 spiro atoms. The summed E-state index contributed by atoms with van der Waals surface area (Å²) in [6.45, 7) is 2.49. The largest absolute Gasteiger partial charge is 0.469 e. The maximum absolute atomic E-state index is 12.0. The molecule has 0 radical (unpaired) electrons. The molecule has 0 bridgehead atoms. The van der Waals surface area contributed by atoms with E-state index < -0.39 is 24.9 Å². The zero-order valence-corrected chi connectivity index (χ0v) is 13.9. The third-order valence-corrected chi connectivity index (χ3v) is 3.08. The molecule has 1 N–H and O–H groups in total. The highest BCUT2D eigenvalue weighted by molar-refractivity contribution is 5.69. The Balaban J connectivity index is 4.10. The van der Waals surface area contributed by atoms with E-state index in [0.29, 0.717) is 25.7 Å². The smallest absolute Gasteiger partial charge is 0.407 e. The maximum Gasteiger partial charge on any atom is 0.407 e. The lowest BCUT2D eigenvalue weighted by molar-refractivity contribution is -0.140. The minimum Gasteiger partial charge on any atom is -0.469 e. The molecule has 0 aliphatic heterocycles. The second-order valence-corrected chi connectivity index (χ2v) is 5.80. The number of carbonyl (C=O) groups is 2. The minimum absolute atomic E-state index is 0.255. The Hall–Kier alpha value is -1.47. The summed E-state index contributed by atoms with van der Waals surface area (Å²) in [6, 6.07) is 0. The van der Waals surface area contributed by atoms with Gasteiger partial charge in [0.05, 0.1) is 7.11 Å². The van der Waals surface area contributed by atoms with Gasteiger partial charge in [-0.25, -0.2) is 4.79 Å². The number of amides is 1. The molecule has 23 heavy (non-hydrogen) atoms. The highest BCUT2D eigenvalue weighted by Crippen LogP contribution is 2.17. The molecule has 0 fully saturated rings. The van der Waals surface area contributed by atoms with Crippen LogP contribution in [0.5, 0.6) is 0 Å². The molecule has 5 nitrogen and oxygen atoms in total. The van der Waals surface area contributed by atoms with Gasteiger partial charge in [0, 0.05) is 6.42 Å². The van der Waals surface area contributed by atoms with Crippen LogP contribution in [0.15, 0.2) is 0 Å². The molecule has 0 aliphatic rings. The van der Waals surface area contributed by atoms with Crippen LogP contribution < -0.4 is 5.32 Å². The average molecular weight is 341 g/mol. The van der Waals surface area contributed by atoms with Crippen LogP contribution in [0.3, 0.4) is 0 Å². The molecule has 8 heteroatoms. The second-order valence-electron chi connectivity index (χ2n) is 5.80. The van der Waals surface area contributed by atoms with Gasteiger partial charge >= 0.3 is 18.2 Å². The van der Waals surface area contributed by atoms with Crippen LogP contribution in [0.25, 0.3) is 0 Å². The number of nitrogens with one attached hydrogen (secondary N) is 1. The Morgan fingerprint density at radius 2 is 1.78 bits per heavy atom. The van der Waals surface area contributed by atoms with Crippen LogP contribution in [0.1, 0.15) is 52.4 Å². The summed E-state index contributed by atoms with van der Waals surface area (Å²) in [7, 11) is 1.33. The van der Waals surface area contributed by atoms with Crippen LogP contribution in [0, 0.1) is 5.92 Å². The van der Waals surface area contributed by atoms with Gasteiger partial charge in [-0.15, -0.1) is 0 Å². The highest BCUT2D eigenvalue weighted by Gasteiger charge is 2.28. The number of hydrogen-bond donors (Lipinski definition) is 1. The predicted octanol–water partition coefficient (Wildman–Crippen LogP) is 3.81. The lowest BCUT2D eigenvalue weighted by atomic mass is 10.0. The molecule has 0 heterocycles. The number of unbranched alkanes of at least 4 members (excludes halogenated alkanes) is 2. The van der Waals surface area contributed by atoms with Crippen LogP contribution in [0.4, 0.5) is 18.0 Å². The summed E-state index contributed by atoms with van der Waals surface area (Å²) < 4.78 is 45.7. The van der Waals surface area contributed by atoms with Crippen LogP contribution in [-0.2, 0) is 14.3 Å². The van der Waals surface area contributed by atoms with E-state index in [-0.39, 0.29) is 11.9 Å². The van der Waals surface area contributed by atoms with E-state index in [9.17, 15) is 22.8 Å². The molecule has 1 unspecified atom stereocenters. The first-order valence-corrected chi connectivity index (χ1v) is 7.72. The van der Waals surface area contributed by atoms with Gasteiger partial charge in [-0.1, -0.05) is 20.3 Å². The summed E-state index contributed by atoms with van der Waals surface area (Å²) in [5, 5.41) is 1.70. The van der Waals surface area contributed by atoms with E-state index in [1.54, 1.807) is 5.32 Å². The second kappa shape index (κ2) is 11.1. The van der Waals surface area contributed by atoms with E-state index in [0.717, 1.165) is 12.8 Å². The number of ether oxygens (including phenoxy) is 2. The van der Waals surface area contributed by atoms with E-state index >= 15 is 0 Å². The molecular formula is C15H26F3NO4. The molecule has 0 aromatic heterocycles. The molecule has 1 atom stereocenters. The topological polar surface area (TPSA) is 64.6 Å². The normalized spacial score (nSPS) is 12.8. The fraction of sp³-hybridized carbons (Fsp3) is 0.867. The van der Waals surface area contributed by atoms with Crippen molar-refractivity contribution in [2.45, 2.75) is 64.7 Å². The summed E-state index contributed by atoms with van der Waals surface area (Å²) in [5.41, 5.74) is 0. The Morgan fingerprint density at radius 3 is 2.30 bits per heavy atom. The van der Waals surface area contributed by atoms with Crippen molar-refractivity contribution in [1.29, 1.82) is 0 Å². The van der Waals surface area contributed by atoms with Gasteiger partial charge in [-0.2, -0.15) is 13.2 Å². The first-order valence-electron chi connectivity index (χ1n) is 7.72. The first-order chi connectivity index (χ1) is 10.6. The zero-order valence-electron chi connectivity index (χ0n) is 13.9. The van der Waals surface area contributed by atoms with Crippen LogP contribution in [-0.4, -0.2) is 38.0 Å². The van der Waals surface area contributed by atoms with Crippen molar-refractivity contribution in [3.05, 3.63) is 0 Å². The van der Waals surface area contributed by atoms with Gasteiger partial charge in [0.25, 0.3) is 0 Å². The summed E-state index contributed by atoms with van der Waals surface area (Å²) >= 11 is 0. The monoisotopic (exact) mass is 341 g/mol. The molecule has 1 amide bonds. The third-order valence-electron chi connectivity index (χ3n) is 3.08. The van der Waals surface area contributed by atoms with E-state index in [1.165, 1.54) is 7.11 Å². The predicted molar refractivity (Wildman–Crippen MR) is 78.9 cm³/mol. The summed E-state index contributed by atoms with van der Waals surface area (Å²) in [4.78, 5) is 22.4. The lowest BCUT2D eigenvalue weighted by Crippen LogP contribution is -2.36. The molecule has 0 aromatic carbocycles. The fourth-order valence-electron chi connectivity index (χ4n) is 2.04. The van der Waals surface area contributed by atoms with Gasteiger partial charge in [-0.05, 0) is 31.6 Å². The number of carbonyl (C=O) groups excluding carboxylic acids is 2. The maximum atomic E-state index is 12.0. The number of rotatable bonds is 10. The lowest BCUT2D eigenvalue weighted by Gasteiger charge is -2.20. The van der Waals surface area contributed by atoms with E-state index in [4.69, 9.17) is 4.74 Å². The molecule has 0 saturated carbocycles. The molecule has 0 saturated heterocycles. The van der Waals surface area contributed by atoms with Gasteiger partial charge in [-0.3, -0.25) is 4.79 Å². The summed E-state index contributed by atoms with van der Waals surface area (Å²) in [5.74, 6) is -0.0167. The SMILES string of the molecule is COC(=O)CCCCCC(CC(C)C)OC(=O)NCC(F)(F)F. The summed E-state index contributed by atoms with van der Waals surface area (Å²) in [6.07, 6.45) is -2.32. The van der Waals surface area contributed by atoms with E-state index in [2.05, 4.69) is 4.74 Å². The Kier molecular flexibility index (Phi) is 10.4. The van der Waals surface area contributed by atoms with Crippen molar-refractivity contribution in [3.63, 3.8) is 0 Å². The van der Waals surface area contributed by atoms with Crippen LogP contribution in [0.2, 0.25) is 0 Å². The van der Waals surface area contributed by atoms with Crippen molar-refractivity contribution in [2.75, 3.05) is 13.7 Å². The molecule has 136 valence electrons. The highest BCUT2D eigenvalue weighted by atomic mass is 19.4. The first kappa shape index (κ1) is 21.5. The fourth-order valence-corrected chi connectivity index (χ4v) is 2.04. The van der Waals surface area contributed by atoms with Crippen molar-refractivity contribution >= 4 is 12.1 Å². The molecule has 0 rings (SSSR count). The Morgan fingerprint density at radius 1 is 1.13 bits per heavy atom. The Bertz CT molecular complexity index is 359. The van der Waals surface area contributed by atoms with Gasteiger partial charge in [0.1, 0.15) is 12.6 Å². The number of alkyl halides is 3. The minimum atomic E-state index is -4.46. The van der Waals surface area contributed by atoms with Crippen molar-refractivity contribution in [3.8, 4) is 0 Å². The third kappa shape index (κ3) is 13.9. The van der Waals surface area contributed by atoms with Gasteiger partial charge in [0.2, 0.25) is 0 Å². The number of esters is 1. The average Bonchev–Trinajstić information content (AvgIpc) is 2.43. The number of methoxy groups -OCH3 is 1. The number of hydrogen-bond acceptors (Lipinski definition) is 4. The van der Waals surface area contributed by atoms with Crippen LogP contribution >= 0.6 is 0 Å². The molecule has 0 aromatic rings. The number of alkyl carbamates (subject to hydrolysis) is 1. The number of halogens is 3. The standard InChI is InChI=1S/C15H26F3NO4/c1-11(2)9-12(7-5-4-6-8-13(20)22-3)23-14(21)19-10-15(16,17)18/h11-12H,4-10H2,1-3H3,(H,19,21). The van der Waals surface area contributed by atoms with Gasteiger partial charge < -0.3 is 14.8 Å². The molecule has 0 aliphatic carbocycles. The van der Waals surface area contributed by atoms with E-state index in [1.807, 2.05) is 13.8 Å². The van der Waals surface area contributed by atoms with Crippen molar-refractivity contribution in [2.24, 2.45) is 5.92 Å². The van der Waals surface area contributed by atoms with Gasteiger partial charge in [0.15, 0.2) is 0 Å².